The first-order valence-corrected chi connectivity index (χ1v) is 28.4. The van der Waals surface area contributed by atoms with Crippen LogP contribution in [0.15, 0.2) is 7.58 Å². The third-order valence-corrected chi connectivity index (χ3v) is 44.3. The average Bonchev–Trinajstić information content (AvgIpc) is 2.21. The fourth-order valence-electron chi connectivity index (χ4n) is 4.82. The number of hydrogen-bond acceptors (Lipinski definition) is 0. The minimum atomic E-state index is -1.87. The second-order valence-corrected chi connectivity index (χ2v) is 41.9. The first kappa shape index (κ1) is 16.8. The standard InChI is InChI=1S/C10H15B.6CH3.2Sn/c1-2-11-9-5-3-6-10(11)8-4-7-9;;;;;;;;/h2,9-10H,3-8H2;6*1H3;;. The van der Waals surface area contributed by atoms with Crippen molar-refractivity contribution in [2.75, 3.05) is 0 Å². The summed E-state index contributed by atoms with van der Waals surface area (Å²) >= 11 is -3.74. The Morgan fingerprint density at radius 1 is 0.789 bits per heavy atom. The molecule has 2 saturated heterocycles. The zero-order valence-electron chi connectivity index (χ0n) is 14.1. The van der Waals surface area contributed by atoms with E-state index in [-0.39, 0.29) is 0 Å². The molecule has 0 radical (unpaired) electrons. The van der Waals surface area contributed by atoms with Crippen LogP contribution in [0.4, 0.5) is 0 Å². The molecule has 0 nitrogen and oxygen atoms in total. The molecule has 2 rings (SSSR count). The molecule has 108 valence electrons. The van der Waals surface area contributed by atoms with Crippen LogP contribution in [0.2, 0.25) is 41.3 Å². The molecular weight excluding hydrogens is 440 g/mol. The molecule has 0 amide bonds. The van der Waals surface area contributed by atoms with Gasteiger partial charge < -0.3 is 0 Å². The molecule has 0 spiro atoms. The van der Waals surface area contributed by atoms with E-state index < -0.39 is 36.8 Å². The van der Waals surface area contributed by atoms with Gasteiger partial charge in [-0.3, -0.25) is 0 Å². The molecule has 0 unspecified atom stereocenters. The molecule has 2 heterocycles. The van der Waals surface area contributed by atoms with E-state index >= 15 is 0 Å². The van der Waals surface area contributed by atoms with Crippen molar-refractivity contribution in [2.24, 2.45) is 0 Å². The monoisotopic (exact) mass is 476 g/mol. The Morgan fingerprint density at radius 3 is 1.47 bits per heavy atom. The summed E-state index contributed by atoms with van der Waals surface area (Å²) in [6.45, 7) is 0.990. The van der Waals surface area contributed by atoms with Gasteiger partial charge in [0.15, 0.2) is 0 Å². The van der Waals surface area contributed by atoms with Gasteiger partial charge in [-0.2, -0.15) is 0 Å². The fourth-order valence-corrected chi connectivity index (χ4v) is 58.3. The van der Waals surface area contributed by atoms with Crippen LogP contribution in [0.1, 0.15) is 38.5 Å². The van der Waals surface area contributed by atoms with E-state index in [1.807, 2.05) is 0 Å². The van der Waals surface area contributed by atoms with Crippen molar-refractivity contribution in [1.82, 2.24) is 0 Å². The van der Waals surface area contributed by atoms with Crippen molar-refractivity contribution in [3.05, 3.63) is 7.58 Å². The van der Waals surface area contributed by atoms with Crippen LogP contribution in [-0.2, 0) is 0 Å². The van der Waals surface area contributed by atoms with Crippen molar-refractivity contribution in [3.63, 3.8) is 0 Å². The molecular formula is C16H33BSn2. The summed E-state index contributed by atoms with van der Waals surface area (Å²) in [5.74, 6) is 5.04. The molecule has 0 atom stereocenters. The summed E-state index contributed by atoms with van der Waals surface area (Å²) in [6.07, 6.45) is 9.17. The summed E-state index contributed by atoms with van der Waals surface area (Å²) in [5, 5.41) is 0. The predicted molar refractivity (Wildman–Crippen MR) is 95.7 cm³/mol. The summed E-state index contributed by atoms with van der Waals surface area (Å²) in [6, 6.07) is 0. The van der Waals surface area contributed by atoms with Crippen LogP contribution in [0.3, 0.4) is 0 Å². The Labute approximate surface area is 130 Å². The summed E-state index contributed by atoms with van der Waals surface area (Å²) in [4.78, 5) is 15.9. The van der Waals surface area contributed by atoms with Crippen molar-refractivity contribution < 1.29 is 0 Å². The van der Waals surface area contributed by atoms with E-state index in [2.05, 4.69) is 37.2 Å². The molecule has 2 bridgehead atoms. The molecule has 2 fully saturated rings. The molecule has 19 heavy (non-hydrogen) atoms. The van der Waals surface area contributed by atoms with Crippen LogP contribution < -0.4 is 0 Å². The zero-order valence-corrected chi connectivity index (χ0v) is 19.8. The quantitative estimate of drug-likeness (QED) is 0.454. The van der Waals surface area contributed by atoms with Gasteiger partial charge in [0.05, 0.1) is 0 Å². The van der Waals surface area contributed by atoms with Crippen molar-refractivity contribution >= 4 is 43.5 Å². The van der Waals surface area contributed by atoms with Crippen LogP contribution in [-0.4, -0.2) is 43.5 Å². The Balaban J connectivity index is 2.30. The van der Waals surface area contributed by atoms with E-state index in [0.717, 1.165) is 18.3 Å². The zero-order chi connectivity index (χ0) is 14.3. The van der Waals surface area contributed by atoms with Gasteiger partial charge in [0, 0.05) is 0 Å². The summed E-state index contributed by atoms with van der Waals surface area (Å²) in [7, 11) is 0. The summed E-state index contributed by atoms with van der Waals surface area (Å²) < 4.78 is 2.10. The number of rotatable bonds is 3. The number of fused-ring (bicyclic) bond motifs is 2. The van der Waals surface area contributed by atoms with Crippen molar-refractivity contribution in [2.45, 2.75) is 79.8 Å². The molecule has 2 aliphatic heterocycles. The van der Waals surface area contributed by atoms with Gasteiger partial charge >= 0.3 is 131 Å². The minimum absolute atomic E-state index is 0.990. The van der Waals surface area contributed by atoms with E-state index in [1.165, 1.54) is 38.5 Å². The van der Waals surface area contributed by atoms with Gasteiger partial charge in [-0.05, 0) is 0 Å². The maximum atomic E-state index is 2.92. The van der Waals surface area contributed by atoms with Gasteiger partial charge in [-0.25, -0.2) is 0 Å². The van der Waals surface area contributed by atoms with Crippen molar-refractivity contribution in [1.29, 1.82) is 0 Å². The Kier molecular flexibility index (Phi) is 5.52. The van der Waals surface area contributed by atoms with E-state index in [1.54, 1.807) is 0 Å². The topological polar surface area (TPSA) is 0 Å². The van der Waals surface area contributed by atoms with Gasteiger partial charge in [-0.1, -0.05) is 0 Å². The molecule has 2 aliphatic rings. The van der Waals surface area contributed by atoms with Crippen LogP contribution in [0, 0.1) is 0 Å². The second kappa shape index (κ2) is 6.26. The molecule has 0 aromatic carbocycles. The van der Waals surface area contributed by atoms with Gasteiger partial charge in [0.25, 0.3) is 0 Å². The predicted octanol–water partition coefficient (Wildman–Crippen LogP) is 5.81. The number of hydrogen-bond donors (Lipinski definition) is 0. The third kappa shape index (κ3) is 4.20. The SMILES string of the molecule is [CH3][Sn]([CH3])([CH3])[C](=CB1C2CCCC1CCC2)[Sn]([CH3])([CH3])[CH3]. The Bertz CT molecular complexity index is 311. The van der Waals surface area contributed by atoms with E-state index in [0.29, 0.717) is 0 Å². The van der Waals surface area contributed by atoms with Gasteiger partial charge in [-0.15, -0.1) is 0 Å². The molecule has 0 N–H and O–H groups in total. The van der Waals surface area contributed by atoms with Gasteiger partial charge in [0.1, 0.15) is 0 Å². The molecule has 0 aromatic rings. The van der Waals surface area contributed by atoms with Gasteiger partial charge in [0.2, 0.25) is 0 Å². The van der Waals surface area contributed by atoms with E-state index in [9.17, 15) is 0 Å². The van der Waals surface area contributed by atoms with E-state index in [4.69, 9.17) is 0 Å². The molecule has 3 heteroatoms. The van der Waals surface area contributed by atoms with Crippen LogP contribution in [0.5, 0.6) is 0 Å². The molecule has 0 aromatic heterocycles. The maximum absolute atomic E-state index is 2.92. The second-order valence-electron chi connectivity index (χ2n) is 9.04. The summed E-state index contributed by atoms with van der Waals surface area (Å²) in [5.41, 5.74) is 0. The molecule has 0 aliphatic carbocycles. The first-order valence-electron chi connectivity index (χ1n) is 8.42. The van der Waals surface area contributed by atoms with Crippen molar-refractivity contribution in [3.8, 4) is 0 Å². The molecule has 0 saturated carbocycles. The Hall–Kier alpha value is 1.40. The Morgan fingerprint density at radius 2 is 1.16 bits per heavy atom. The van der Waals surface area contributed by atoms with Crippen LogP contribution in [0.25, 0.3) is 0 Å². The average molecular weight is 474 g/mol. The third-order valence-electron chi connectivity index (χ3n) is 5.36. The van der Waals surface area contributed by atoms with Crippen LogP contribution >= 0.6 is 0 Å². The first-order chi connectivity index (χ1) is 8.69. The fraction of sp³-hybridized carbons (Fsp3) is 0.875. The normalized spacial score (nSPS) is 28.2.